The second-order valence-corrected chi connectivity index (χ2v) is 2.53. The Hall–Kier alpha value is -2.07. The maximum Gasteiger partial charge on any atom is 0.0587 e. The van der Waals surface area contributed by atoms with Gasteiger partial charge >= 0.3 is 0 Å². The Kier molecular flexibility index (Phi) is 10.3. The fourth-order valence-electron chi connectivity index (χ4n) is 0.770. The summed E-state index contributed by atoms with van der Waals surface area (Å²) in [5.41, 5.74) is 0. The summed E-state index contributed by atoms with van der Waals surface area (Å²) < 4.78 is 0. The van der Waals surface area contributed by atoms with E-state index in [1.807, 2.05) is 72.8 Å². The molecule has 1 heteroatoms. The Morgan fingerprint density at radius 3 is 0.667 bits per heavy atom. The van der Waals surface area contributed by atoms with Crippen LogP contribution in [0.25, 0.3) is 0 Å². The van der Waals surface area contributed by atoms with Gasteiger partial charge in [-0.15, -0.1) is 0 Å². The molecule has 0 amide bonds. The lowest BCUT2D eigenvalue weighted by atomic mass is 10.4. The third kappa shape index (κ3) is 11.9. The van der Waals surface area contributed by atoms with Crippen LogP contribution in [0.5, 0.6) is 0 Å². The van der Waals surface area contributed by atoms with Gasteiger partial charge in [-0.1, -0.05) is 72.8 Å². The molecule has 0 saturated heterocycles. The fourth-order valence-corrected chi connectivity index (χ4v) is 0.770. The first-order valence-electron chi connectivity index (χ1n) is 4.72. The van der Waals surface area contributed by atoms with Crippen LogP contribution in [-0.2, 0) is 0 Å². The Morgan fingerprint density at radius 2 is 0.600 bits per heavy atom. The first kappa shape index (κ1) is 12.9. The third-order valence-corrected chi connectivity index (χ3v) is 1.33. The highest BCUT2D eigenvalue weighted by atomic mass is 14.2. The summed E-state index contributed by atoms with van der Waals surface area (Å²) in [6.07, 6.45) is 0. The zero-order valence-electron chi connectivity index (χ0n) is 8.88. The molecule has 0 radical (unpaired) electrons. The van der Waals surface area contributed by atoms with Gasteiger partial charge in [-0.2, -0.15) is 5.26 Å². The SMILES string of the molecule is CC#N.c1ccccc1.c1ccccc1. The van der Waals surface area contributed by atoms with Crippen molar-refractivity contribution in [3.8, 4) is 6.07 Å². The summed E-state index contributed by atoms with van der Waals surface area (Å²) in [5.74, 6) is 0. The second-order valence-electron chi connectivity index (χ2n) is 2.53. The van der Waals surface area contributed by atoms with E-state index in [1.54, 1.807) is 6.07 Å². The highest BCUT2D eigenvalue weighted by Gasteiger charge is 1.58. The molecule has 2 rings (SSSR count). The van der Waals surface area contributed by atoms with E-state index in [4.69, 9.17) is 5.26 Å². The van der Waals surface area contributed by atoms with E-state index >= 15 is 0 Å². The molecule has 0 spiro atoms. The molecule has 0 unspecified atom stereocenters. The van der Waals surface area contributed by atoms with E-state index in [-0.39, 0.29) is 0 Å². The molecule has 1 nitrogen and oxygen atoms in total. The minimum atomic E-state index is 1.43. The van der Waals surface area contributed by atoms with E-state index in [9.17, 15) is 0 Å². The minimum absolute atomic E-state index is 1.43. The standard InChI is InChI=1S/2C6H6.C2H3N/c2*1-2-4-6-5-3-1;1-2-3/h2*1-6H;1H3. The Morgan fingerprint density at radius 1 is 0.533 bits per heavy atom. The van der Waals surface area contributed by atoms with Crippen molar-refractivity contribution in [1.29, 1.82) is 5.26 Å². The fraction of sp³-hybridized carbons (Fsp3) is 0.0714. The summed E-state index contributed by atoms with van der Waals surface area (Å²) in [5, 5.41) is 7.32. The molecule has 15 heavy (non-hydrogen) atoms. The van der Waals surface area contributed by atoms with Crippen molar-refractivity contribution in [1.82, 2.24) is 0 Å². The lowest BCUT2D eigenvalue weighted by Gasteiger charge is -1.69. The van der Waals surface area contributed by atoms with Crippen molar-refractivity contribution in [3.63, 3.8) is 0 Å². The first-order chi connectivity index (χ1) is 7.41. The van der Waals surface area contributed by atoms with Crippen molar-refractivity contribution in [2.24, 2.45) is 0 Å². The average Bonchev–Trinajstić information content (AvgIpc) is 2.35. The molecule has 0 heterocycles. The number of nitriles is 1. The average molecular weight is 197 g/mol. The van der Waals surface area contributed by atoms with Gasteiger partial charge in [0.15, 0.2) is 0 Å². The Labute approximate surface area is 91.6 Å². The van der Waals surface area contributed by atoms with Crippen LogP contribution in [0.4, 0.5) is 0 Å². The van der Waals surface area contributed by atoms with E-state index < -0.39 is 0 Å². The minimum Gasteiger partial charge on any atom is -0.199 e. The predicted octanol–water partition coefficient (Wildman–Crippen LogP) is 3.90. The molecular weight excluding hydrogens is 182 g/mol. The molecule has 0 aliphatic carbocycles. The summed E-state index contributed by atoms with van der Waals surface area (Å²) in [7, 11) is 0. The van der Waals surface area contributed by atoms with Gasteiger partial charge in [0.2, 0.25) is 0 Å². The summed E-state index contributed by atoms with van der Waals surface area (Å²) in [6, 6.07) is 25.8. The molecule has 76 valence electrons. The van der Waals surface area contributed by atoms with E-state index in [1.165, 1.54) is 6.92 Å². The van der Waals surface area contributed by atoms with Gasteiger partial charge in [-0.25, -0.2) is 0 Å². The van der Waals surface area contributed by atoms with Gasteiger partial charge in [0, 0.05) is 6.92 Å². The number of rotatable bonds is 0. The van der Waals surface area contributed by atoms with E-state index in [0.717, 1.165) is 0 Å². The van der Waals surface area contributed by atoms with Crippen molar-refractivity contribution < 1.29 is 0 Å². The quantitative estimate of drug-likeness (QED) is 0.628. The number of hydrogen-bond donors (Lipinski definition) is 0. The molecule has 0 N–H and O–H groups in total. The molecule has 0 aliphatic rings. The Bertz CT molecular complexity index is 250. The van der Waals surface area contributed by atoms with Crippen LogP contribution >= 0.6 is 0 Å². The Balaban J connectivity index is 0.000000210. The molecule has 0 bridgehead atoms. The molecule has 0 saturated carbocycles. The lowest BCUT2D eigenvalue weighted by molar-refractivity contribution is 1.49. The molecule has 0 atom stereocenters. The number of hydrogen-bond acceptors (Lipinski definition) is 1. The molecular formula is C14H15N. The molecule has 0 aliphatic heterocycles. The van der Waals surface area contributed by atoms with Crippen molar-refractivity contribution >= 4 is 0 Å². The smallest absolute Gasteiger partial charge is 0.0587 e. The largest absolute Gasteiger partial charge is 0.199 e. The van der Waals surface area contributed by atoms with Crippen molar-refractivity contribution in [2.45, 2.75) is 6.92 Å². The monoisotopic (exact) mass is 197 g/mol. The summed E-state index contributed by atoms with van der Waals surface area (Å²) >= 11 is 0. The normalized spacial score (nSPS) is 6.93. The van der Waals surface area contributed by atoms with Crippen LogP contribution in [0.15, 0.2) is 72.8 Å². The van der Waals surface area contributed by atoms with Gasteiger partial charge in [-0.3, -0.25) is 0 Å². The third-order valence-electron chi connectivity index (χ3n) is 1.33. The highest BCUT2D eigenvalue weighted by molar-refractivity contribution is 4.99. The molecule has 2 aromatic carbocycles. The van der Waals surface area contributed by atoms with Crippen LogP contribution in [0, 0.1) is 11.3 Å². The molecule has 2 aromatic rings. The topological polar surface area (TPSA) is 23.8 Å². The van der Waals surface area contributed by atoms with Crippen LogP contribution < -0.4 is 0 Å². The maximum absolute atomic E-state index is 7.32. The van der Waals surface area contributed by atoms with Gasteiger partial charge in [0.1, 0.15) is 0 Å². The van der Waals surface area contributed by atoms with Gasteiger partial charge in [-0.05, 0) is 0 Å². The highest BCUT2D eigenvalue weighted by Crippen LogP contribution is 1.80. The maximum atomic E-state index is 7.32. The molecule has 0 fully saturated rings. The zero-order chi connectivity index (χ0) is 11.2. The van der Waals surface area contributed by atoms with Crippen LogP contribution in [0.1, 0.15) is 6.92 Å². The number of benzene rings is 2. The zero-order valence-corrected chi connectivity index (χ0v) is 8.88. The van der Waals surface area contributed by atoms with E-state index in [0.29, 0.717) is 0 Å². The predicted molar refractivity (Wildman–Crippen MR) is 64.2 cm³/mol. The molecule has 0 aromatic heterocycles. The van der Waals surface area contributed by atoms with Gasteiger partial charge in [0.05, 0.1) is 6.07 Å². The van der Waals surface area contributed by atoms with Crippen molar-refractivity contribution in [3.05, 3.63) is 72.8 Å². The van der Waals surface area contributed by atoms with Crippen LogP contribution in [0.3, 0.4) is 0 Å². The van der Waals surface area contributed by atoms with Crippen molar-refractivity contribution in [2.75, 3.05) is 0 Å². The lowest BCUT2D eigenvalue weighted by Crippen LogP contribution is -1.47. The second kappa shape index (κ2) is 11.9. The summed E-state index contributed by atoms with van der Waals surface area (Å²) in [4.78, 5) is 0. The van der Waals surface area contributed by atoms with Gasteiger partial charge in [0.25, 0.3) is 0 Å². The van der Waals surface area contributed by atoms with Crippen LogP contribution in [-0.4, -0.2) is 0 Å². The first-order valence-corrected chi connectivity index (χ1v) is 4.72. The van der Waals surface area contributed by atoms with E-state index in [2.05, 4.69) is 0 Å². The van der Waals surface area contributed by atoms with Gasteiger partial charge < -0.3 is 0 Å². The number of nitrogens with zero attached hydrogens (tertiary/aromatic N) is 1. The summed E-state index contributed by atoms with van der Waals surface area (Å²) in [6.45, 7) is 1.43. The van der Waals surface area contributed by atoms with Crippen LogP contribution in [0.2, 0.25) is 0 Å².